The first-order valence-electron chi connectivity index (χ1n) is 13.7. The molecular formula is C32H30F3N5O3S. The van der Waals surface area contributed by atoms with E-state index in [1.165, 1.54) is 35.6 Å². The van der Waals surface area contributed by atoms with Gasteiger partial charge >= 0.3 is 6.18 Å². The number of halogens is 3. The Hall–Kier alpha value is -4.60. The Labute approximate surface area is 253 Å². The molecule has 1 aromatic heterocycles. The van der Waals surface area contributed by atoms with Crippen molar-refractivity contribution in [1.29, 1.82) is 5.26 Å². The summed E-state index contributed by atoms with van der Waals surface area (Å²) in [5, 5.41) is 17.2. The molecular weight excluding hydrogens is 591 g/mol. The number of hydrogen-bond donors (Lipinski definition) is 2. The number of nitriles is 1. The summed E-state index contributed by atoms with van der Waals surface area (Å²) in [6.45, 7) is 5.43. The van der Waals surface area contributed by atoms with Gasteiger partial charge in [0.15, 0.2) is 0 Å². The van der Waals surface area contributed by atoms with Crippen molar-refractivity contribution in [3.05, 3.63) is 112 Å². The van der Waals surface area contributed by atoms with Gasteiger partial charge in [-0.05, 0) is 65.4 Å². The second-order valence-electron chi connectivity index (χ2n) is 11.0. The highest BCUT2D eigenvalue weighted by molar-refractivity contribution is 7.89. The second kappa shape index (κ2) is 11.2. The van der Waals surface area contributed by atoms with Crippen LogP contribution in [0.15, 0.2) is 89.1 Å². The van der Waals surface area contributed by atoms with Gasteiger partial charge < -0.3 is 10.5 Å². The van der Waals surface area contributed by atoms with Gasteiger partial charge in [-0.15, -0.1) is 5.10 Å². The van der Waals surface area contributed by atoms with Crippen molar-refractivity contribution in [3.63, 3.8) is 0 Å². The number of aromatic nitrogens is 2. The Morgan fingerprint density at radius 3 is 2.32 bits per heavy atom. The van der Waals surface area contributed by atoms with Gasteiger partial charge in [-0.25, -0.2) is 8.42 Å². The second-order valence-corrected chi connectivity index (χ2v) is 13.1. The molecule has 1 aliphatic rings. The average Bonchev–Trinajstić information content (AvgIpc) is 3.36. The normalized spacial score (nSPS) is 17.0. The van der Waals surface area contributed by atoms with Gasteiger partial charge in [-0.2, -0.15) is 22.7 Å². The molecule has 5 rings (SSSR count). The number of nitrogens with two attached hydrogens (primary N) is 1. The Balaban J connectivity index is 1.65. The van der Waals surface area contributed by atoms with Crippen LogP contribution < -0.4 is 10.5 Å². The molecule has 0 spiro atoms. The van der Waals surface area contributed by atoms with Crippen LogP contribution >= 0.6 is 0 Å². The SMILES string of the molecule is Cc1[nH]nc2c1[C@](c1cc(-c3ccc(S(=O)(=O)N(C)Cc4ccccc4)cc3)cc(C(F)(F)F)c1)(C(C)C)C(C#N)=C(N)O2. The Kier molecular flexibility index (Phi) is 7.82. The minimum absolute atomic E-state index is 0.00361. The van der Waals surface area contributed by atoms with Gasteiger partial charge in [0.25, 0.3) is 0 Å². The number of alkyl halides is 3. The van der Waals surface area contributed by atoms with Crippen molar-refractivity contribution in [2.75, 3.05) is 7.05 Å². The summed E-state index contributed by atoms with van der Waals surface area (Å²) in [5.74, 6) is -0.618. The number of fused-ring (bicyclic) bond motifs is 1. The first-order chi connectivity index (χ1) is 20.7. The van der Waals surface area contributed by atoms with Gasteiger partial charge in [0, 0.05) is 19.3 Å². The van der Waals surface area contributed by atoms with Gasteiger partial charge in [0.1, 0.15) is 11.6 Å². The number of sulfonamides is 1. The standard InChI is InChI=1S/C32H30F3N5O3S/c1-19(2)31(27(17-36)29(37)43-30-28(31)20(3)38-39-30)24-14-23(15-25(16-24)32(33,34)35)22-10-12-26(13-11-22)44(41,42)40(4)18-21-8-6-5-7-9-21/h5-16,19H,18,37H2,1-4H3,(H,38,39)/t31-/m0/s1. The smallest absolute Gasteiger partial charge is 0.416 e. The van der Waals surface area contributed by atoms with E-state index < -0.39 is 33.1 Å². The van der Waals surface area contributed by atoms with Gasteiger partial charge in [0.05, 0.1) is 21.4 Å². The molecule has 3 aromatic carbocycles. The number of rotatable bonds is 7. The molecule has 3 N–H and O–H groups in total. The van der Waals surface area contributed by atoms with E-state index in [-0.39, 0.29) is 39.9 Å². The number of aromatic amines is 1. The molecule has 44 heavy (non-hydrogen) atoms. The minimum Gasteiger partial charge on any atom is -0.420 e. The third-order valence-corrected chi connectivity index (χ3v) is 9.81. The zero-order chi connectivity index (χ0) is 32.0. The lowest BCUT2D eigenvalue weighted by molar-refractivity contribution is -0.137. The molecule has 4 aromatic rings. The predicted octanol–water partition coefficient (Wildman–Crippen LogP) is 6.25. The van der Waals surface area contributed by atoms with Crippen molar-refractivity contribution >= 4 is 10.0 Å². The van der Waals surface area contributed by atoms with E-state index >= 15 is 0 Å². The van der Waals surface area contributed by atoms with Crippen LogP contribution in [0.5, 0.6) is 5.88 Å². The molecule has 1 atom stereocenters. The fourth-order valence-electron chi connectivity index (χ4n) is 5.87. The Bertz CT molecular complexity index is 1890. The van der Waals surface area contributed by atoms with Crippen molar-refractivity contribution in [3.8, 4) is 23.1 Å². The van der Waals surface area contributed by atoms with E-state index in [9.17, 15) is 26.9 Å². The number of hydrogen-bond acceptors (Lipinski definition) is 6. The van der Waals surface area contributed by atoms with Crippen LogP contribution in [-0.2, 0) is 28.2 Å². The number of benzene rings is 3. The molecule has 0 saturated heterocycles. The van der Waals surface area contributed by atoms with Crippen molar-refractivity contribution in [2.24, 2.45) is 11.7 Å². The van der Waals surface area contributed by atoms with Crippen LogP contribution in [0.4, 0.5) is 13.2 Å². The molecule has 0 bridgehead atoms. The molecule has 0 amide bonds. The Morgan fingerprint density at radius 2 is 1.73 bits per heavy atom. The summed E-state index contributed by atoms with van der Waals surface area (Å²) in [6.07, 6.45) is -4.73. The predicted molar refractivity (Wildman–Crippen MR) is 158 cm³/mol. The van der Waals surface area contributed by atoms with Crippen LogP contribution in [0.2, 0.25) is 0 Å². The monoisotopic (exact) mass is 621 g/mol. The molecule has 1 aliphatic heterocycles. The minimum atomic E-state index is -4.73. The molecule has 8 nitrogen and oxygen atoms in total. The van der Waals surface area contributed by atoms with E-state index in [0.717, 1.165) is 17.7 Å². The first-order valence-corrected chi connectivity index (χ1v) is 15.1. The number of H-pyrrole nitrogens is 1. The highest BCUT2D eigenvalue weighted by Gasteiger charge is 2.51. The summed E-state index contributed by atoms with van der Waals surface area (Å²) >= 11 is 0. The van der Waals surface area contributed by atoms with Gasteiger partial charge in [0.2, 0.25) is 21.8 Å². The van der Waals surface area contributed by atoms with E-state index in [2.05, 4.69) is 16.3 Å². The number of nitrogens with one attached hydrogen (secondary N) is 1. The molecule has 228 valence electrons. The number of aryl methyl sites for hydroxylation is 1. The maximum absolute atomic E-state index is 14.4. The van der Waals surface area contributed by atoms with Crippen molar-refractivity contribution in [2.45, 2.75) is 43.8 Å². The Morgan fingerprint density at radius 1 is 1.07 bits per heavy atom. The third-order valence-electron chi connectivity index (χ3n) is 7.99. The molecule has 0 radical (unpaired) electrons. The third kappa shape index (κ3) is 5.12. The fraction of sp³-hybridized carbons (Fsp3) is 0.250. The van der Waals surface area contributed by atoms with Crippen molar-refractivity contribution in [1.82, 2.24) is 14.5 Å². The quantitative estimate of drug-likeness (QED) is 0.251. The van der Waals surface area contributed by atoms with Crippen LogP contribution in [0.25, 0.3) is 11.1 Å². The summed E-state index contributed by atoms with van der Waals surface area (Å²) in [5.41, 5.74) is 6.23. The summed E-state index contributed by atoms with van der Waals surface area (Å²) < 4.78 is 76.5. The maximum atomic E-state index is 14.4. The molecule has 0 fully saturated rings. The van der Waals surface area contributed by atoms with Crippen molar-refractivity contribution < 1.29 is 26.3 Å². The van der Waals surface area contributed by atoms with Crippen LogP contribution in [0, 0.1) is 24.2 Å². The lowest BCUT2D eigenvalue weighted by Crippen LogP contribution is -2.41. The highest BCUT2D eigenvalue weighted by atomic mass is 32.2. The van der Waals surface area contributed by atoms with Crippen LogP contribution in [0.3, 0.4) is 0 Å². The maximum Gasteiger partial charge on any atom is 0.416 e. The largest absolute Gasteiger partial charge is 0.420 e. The molecule has 2 heterocycles. The fourth-order valence-corrected chi connectivity index (χ4v) is 7.03. The zero-order valence-corrected chi connectivity index (χ0v) is 25.2. The topological polar surface area (TPSA) is 125 Å². The summed E-state index contributed by atoms with van der Waals surface area (Å²) in [4.78, 5) is -0.00361. The first kappa shape index (κ1) is 30.8. The highest BCUT2D eigenvalue weighted by Crippen LogP contribution is 2.53. The van der Waals surface area contributed by atoms with Gasteiger partial charge in [-0.1, -0.05) is 56.3 Å². The summed E-state index contributed by atoms with van der Waals surface area (Å²) in [7, 11) is -2.42. The molecule has 0 unspecified atom stereocenters. The van der Waals surface area contributed by atoms with E-state index in [4.69, 9.17) is 10.5 Å². The lowest BCUT2D eigenvalue weighted by Gasteiger charge is -2.41. The molecule has 0 saturated carbocycles. The van der Waals surface area contributed by atoms with E-state index in [1.54, 1.807) is 26.8 Å². The van der Waals surface area contributed by atoms with Gasteiger partial charge in [-0.3, -0.25) is 5.10 Å². The molecule has 0 aliphatic carbocycles. The summed E-state index contributed by atoms with van der Waals surface area (Å²) in [6, 6.07) is 20.5. The zero-order valence-electron chi connectivity index (χ0n) is 24.4. The van der Waals surface area contributed by atoms with E-state index in [1.807, 2.05) is 30.3 Å². The lowest BCUT2D eigenvalue weighted by atomic mass is 9.61. The van der Waals surface area contributed by atoms with Crippen LogP contribution in [0.1, 0.15) is 41.8 Å². The number of ether oxygens (including phenoxy) is 1. The van der Waals surface area contributed by atoms with Crippen LogP contribution in [-0.4, -0.2) is 30.0 Å². The number of allylic oxidation sites excluding steroid dienone is 1. The number of nitrogens with zero attached hydrogens (tertiary/aromatic N) is 3. The van der Waals surface area contributed by atoms with E-state index in [0.29, 0.717) is 16.8 Å². The molecule has 12 heteroatoms. The average molecular weight is 622 g/mol.